The number of benzene rings is 1. The number of nitrogens with one attached hydrogen (secondary N) is 1. The number of hydrogen-bond donors (Lipinski definition) is 1. The molecule has 5 heteroatoms. The molecular formula is C22H30N4O. The zero-order valence-corrected chi connectivity index (χ0v) is 16.1. The van der Waals surface area contributed by atoms with Crippen molar-refractivity contribution in [3.05, 3.63) is 47.5 Å². The Morgan fingerprint density at radius 1 is 1.11 bits per heavy atom. The van der Waals surface area contributed by atoms with Crippen LogP contribution in [0.15, 0.2) is 30.3 Å². The predicted octanol–water partition coefficient (Wildman–Crippen LogP) is 3.60. The summed E-state index contributed by atoms with van der Waals surface area (Å²) >= 11 is 0. The standard InChI is InChI=1S/C22H30N4O/c1-3-7-17(8-4-1)16-26-20(19-15-23-13-14-27-19)24-21(25-26)22(11-12-22)18-9-5-2-6-10-18/h2,5-6,9-10,17,19,23H,1,3-4,7-8,11-16H2/t19-/m0/s1. The first-order valence-electron chi connectivity index (χ1n) is 10.7. The second-order valence-corrected chi connectivity index (χ2v) is 8.49. The molecule has 1 aromatic heterocycles. The maximum absolute atomic E-state index is 6.06. The van der Waals surface area contributed by atoms with Crippen LogP contribution < -0.4 is 5.32 Å². The Labute approximate surface area is 161 Å². The van der Waals surface area contributed by atoms with Gasteiger partial charge >= 0.3 is 0 Å². The van der Waals surface area contributed by atoms with Crippen molar-refractivity contribution in [3.8, 4) is 0 Å². The molecule has 0 spiro atoms. The third-order valence-corrected chi connectivity index (χ3v) is 6.58. The predicted molar refractivity (Wildman–Crippen MR) is 105 cm³/mol. The van der Waals surface area contributed by atoms with E-state index in [0.29, 0.717) is 0 Å². The molecule has 0 bridgehead atoms. The molecule has 27 heavy (non-hydrogen) atoms. The fourth-order valence-corrected chi connectivity index (χ4v) is 4.80. The van der Waals surface area contributed by atoms with Gasteiger partial charge in [0.05, 0.1) is 12.0 Å². The molecule has 2 heterocycles. The molecule has 2 aliphatic carbocycles. The van der Waals surface area contributed by atoms with Crippen molar-refractivity contribution in [2.24, 2.45) is 5.92 Å². The molecule has 2 aromatic rings. The lowest BCUT2D eigenvalue weighted by Crippen LogP contribution is -2.35. The highest BCUT2D eigenvalue weighted by Gasteiger charge is 2.50. The summed E-state index contributed by atoms with van der Waals surface area (Å²) in [6.07, 6.45) is 9.06. The van der Waals surface area contributed by atoms with Crippen molar-refractivity contribution in [1.82, 2.24) is 20.1 Å². The van der Waals surface area contributed by atoms with Gasteiger partial charge in [-0.15, -0.1) is 0 Å². The Morgan fingerprint density at radius 3 is 2.63 bits per heavy atom. The van der Waals surface area contributed by atoms with Gasteiger partial charge in [-0.1, -0.05) is 49.6 Å². The molecule has 0 amide bonds. The molecule has 5 rings (SSSR count). The average Bonchev–Trinajstić information content (AvgIpc) is 3.45. The van der Waals surface area contributed by atoms with E-state index in [1.807, 2.05) is 0 Å². The Morgan fingerprint density at radius 2 is 1.93 bits per heavy atom. The van der Waals surface area contributed by atoms with E-state index in [0.717, 1.165) is 56.6 Å². The van der Waals surface area contributed by atoms with Gasteiger partial charge < -0.3 is 10.1 Å². The number of hydrogen-bond acceptors (Lipinski definition) is 4. The minimum absolute atomic E-state index is 0.0233. The second kappa shape index (κ2) is 7.36. The number of aromatic nitrogens is 3. The highest BCUT2D eigenvalue weighted by atomic mass is 16.5. The molecule has 1 aliphatic heterocycles. The average molecular weight is 367 g/mol. The number of ether oxygens (including phenoxy) is 1. The monoisotopic (exact) mass is 366 g/mol. The van der Waals surface area contributed by atoms with Crippen LogP contribution in [-0.2, 0) is 16.7 Å². The van der Waals surface area contributed by atoms with E-state index >= 15 is 0 Å². The first-order valence-corrected chi connectivity index (χ1v) is 10.7. The van der Waals surface area contributed by atoms with Gasteiger partial charge in [0.25, 0.3) is 0 Å². The van der Waals surface area contributed by atoms with Crippen molar-refractivity contribution in [3.63, 3.8) is 0 Å². The van der Waals surface area contributed by atoms with Crippen molar-refractivity contribution in [2.75, 3.05) is 19.7 Å². The van der Waals surface area contributed by atoms with Crippen LogP contribution in [0.4, 0.5) is 0 Å². The SMILES string of the molecule is c1ccc(C2(c3nc([C@@H]4CNCCO4)n(CC4CCCCC4)n3)CC2)cc1. The van der Waals surface area contributed by atoms with Crippen LogP contribution in [0.5, 0.6) is 0 Å². The highest BCUT2D eigenvalue weighted by molar-refractivity contribution is 5.39. The van der Waals surface area contributed by atoms with E-state index in [1.54, 1.807) is 0 Å². The smallest absolute Gasteiger partial charge is 0.161 e. The molecule has 3 fully saturated rings. The van der Waals surface area contributed by atoms with Crippen LogP contribution in [-0.4, -0.2) is 34.5 Å². The fourth-order valence-electron chi connectivity index (χ4n) is 4.80. The minimum Gasteiger partial charge on any atom is -0.368 e. The van der Waals surface area contributed by atoms with Gasteiger partial charge in [-0.2, -0.15) is 5.10 Å². The lowest BCUT2D eigenvalue weighted by molar-refractivity contribution is 0.0185. The van der Waals surface area contributed by atoms with Crippen molar-refractivity contribution >= 4 is 0 Å². The van der Waals surface area contributed by atoms with Crippen LogP contribution >= 0.6 is 0 Å². The molecular weight excluding hydrogens is 336 g/mol. The number of nitrogens with zero attached hydrogens (tertiary/aromatic N) is 3. The largest absolute Gasteiger partial charge is 0.368 e. The van der Waals surface area contributed by atoms with Gasteiger partial charge in [-0.25, -0.2) is 9.67 Å². The molecule has 144 valence electrons. The lowest BCUT2D eigenvalue weighted by atomic mass is 9.89. The van der Waals surface area contributed by atoms with E-state index in [9.17, 15) is 0 Å². The normalized spacial score (nSPS) is 25.4. The van der Waals surface area contributed by atoms with E-state index in [2.05, 4.69) is 40.3 Å². The van der Waals surface area contributed by atoms with Crippen molar-refractivity contribution in [2.45, 2.75) is 63.0 Å². The summed E-state index contributed by atoms with van der Waals surface area (Å²) in [4.78, 5) is 5.10. The van der Waals surface area contributed by atoms with Gasteiger partial charge in [-0.3, -0.25) is 0 Å². The first-order chi connectivity index (χ1) is 13.4. The molecule has 0 radical (unpaired) electrons. The zero-order chi connectivity index (χ0) is 18.1. The Bertz CT molecular complexity index is 756. The molecule has 5 nitrogen and oxygen atoms in total. The third kappa shape index (κ3) is 3.43. The molecule has 1 atom stereocenters. The summed E-state index contributed by atoms with van der Waals surface area (Å²) in [5, 5.41) is 8.54. The Kier molecular flexibility index (Phi) is 4.74. The fraction of sp³-hybridized carbons (Fsp3) is 0.636. The highest BCUT2D eigenvalue weighted by Crippen LogP contribution is 2.52. The lowest BCUT2D eigenvalue weighted by Gasteiger charge is -2.25. The summed E-state index contributed by atoms with van der Waals surface area (Å²) in [5.41, 5.74) is 1.38. The van der Waals surface area contributed by atoms with Crippen LogP contribution in [0.3, 0.4) is 0 Å². The summed E-state index contributed by atoms with van der Waals surface area (Å²) in [5.74, 6) is 2.77. The molecule has 1 N–H and O–H groups in total. The minimum atomic E-state index is 0.0233. The number of morpholine rings is 1. The van der Waals surface area contributed by atoms with E-state index in [-0.39, 0.29) is 11.5 Å². The van der Waals surface area contributed by atoms with Gasteiger partial charge in [0.2, 0.25) is 0 Å². The molecule has 2 saturated carbocycles. The van der Waals surface area contributed by atoms with Gasteiger partial charge in [0.15, 0.2) is 11.6 Å². The second-order valence-electron chi connectivity index (χ2n) is 8.49. The van der Waals surface area contributed by atoms with Gasteiger partial charge in [0, 0.05) is 19.6 Å². The van der Waals surface area contributed by atoms with Crippen LogP contribution in [0.25, 0.3) is 0 Å². The third-order valence-electron chi connectivity index (χ3n) is 6.58. The summed E-state index contributed by atoms with van der Waals surface area (Å²) < 4.78 is 8.26. The Balaban J connectivity index is 1.47. The molecule has 1 aromatic carbocycles. The van der Waals surface area contributed by atoms with Crippen molar-refractivity contribution in [1.29, 1.82) is 0 Å². The van der Waals surface area contributed by atoms with E-state index in [4.69, 9.17) is 14.8 Å². The van der Waals surface area contributed by atoms with Crippen molar-refractivity contribution < 1.29 is 4.74 Å². The molecule has 1 saturated heterocycles. The summed E-state index contributed by atoms with van der Waals surface area (Å²) in [6.45, 7) is 3.50. The van der Waals surface area contributed by atoms with Crippen LogP contribution in [0, 0.1) is 5.92 Å². The van der Waals surface area contributed by atoms with Gasteiger partial charge in [0.1, 0.15) is 6.10 Å². The maximum Gasteiger partial charge on any atom is 0.161 e. The number of rotatable bonds is 5. The first kappa shape index (κ1) is 17.4. The summed E-state index contributed by atoms with van der Waals surface area (Å²) in [7, 11) is 0. The van der Waals surface area contributed by atoms with Crippen LogP contribution in [0.2, 0.25) is 0 Å². The topological polar surface area (TPSA) is 52.0 Å². The zero-order valence-electron chi connectivity index (χ0n) is 16.1. The van der Waals surface area contributed by atoms with E-state index in [1.165, 1.54) is 37.7 Å². The summed E-state index contributed by atoms with van der Waals surface area (Å²) in [6, 6.07) is 10.8. The van der Waals surface area contributed by atoms with Crippen LogP contribution in [0.1, 0.15) is 68.3 Å². The Hall–Kier alpha value is -1.72. The van der Waals surface area contributed by atoms with E-state index < -0.39 is 0 Å². The van der Waals surface area contributed by atoms with Gasteiger partial charge in [-0.05, 0) is 37.2 Å². The maximum atomic E-state index is 6.06. The quantitative estimate of drug-likeness (QED) is 0.878. The molecule has 0 unspecified atom stereocenters. The molecule has 3 aliphatic rings.